The van der Waals surface area contributed by atoms with E-state index in [0.29, 0.717) is 5.57 Å². The van der Waals surface area contributed by atoms with Crippen molar-refractivity contribution >= 4 is 55.1 Å². The average Bonchev–Trinajstić information content (AvgIpc) is 2.83. The molecule has 0 saturated carbocycles. The molecule has 1 aliphatic rings. The third-order valence-electron chi connectivity index (χ3n) is 4.37. The van der Waals surface area contributed by atoms with Crippen molar-refractivity contribution in [1.29, 1.82) is 0 Å². The van der Waals surface area contributed by atoms with Gasteiger partial charge in [0, 0.05) is 20.1 Å². The number of hydrogen-bond donors (Lipinski definition) is 2. The highest BCUT2D eigenvalue weighted by Gasteiger charge is 2.29. The number of phenolic OH excluding ortho intramolecular Hbond substituents is 1. The molecular formula is C20H19Br2NO2. The molecule has 5 heteroatoms. The van der Waals surface area contributed by atoms with Gasteiger partial charge < -0.3 is 10.4 Å². The molecule has 0 fully saturated rings. The van der Waals surface area contributed by atoms with Crippen LogP contribution in [0.4, 0.5) is 5.69 Å². The highest BCUT2D eigenvalue weighted by Crippen LogP contribution is 2.43. The molecule has 0 atom stereocenters. The van der Waals surface area contributed by atoms with Crippen molar-refractivity contribution in [2.75, 3.05) is 5.32 Å². The van der Waals surface area contributed by atoms with E-state index in [9.17, 15) is 9.90 Å². The standard InChI is InChI=1S/C20H19Br2NO2/c1-10-14(21)9-15(22)18-17(10)12(19(25)23-18)7-11-5-6-16(24)13(8-11)20(2,3)4/h5-9,24H,1-4H3,(H,23,25). The van der Waals surface area contributed by atoms with Gasteiger partial charge in [0.2, 0.25) is 0 Å². The number of amides is 1. The second kappa shape index (κ2) is 6.29. The van der Waals surface area contributed by atoms with Gasteiger partial charge in [0.1, 0.15) is 5.75 Å². The number of carbonyl (C=O) groups is 1. The average molecular weight is 465 g/mol. The van der Waals surface area contributed by atoms with Crippen LogP contribution >= 0.6 is 31.9 Å². The van der Waals surface area contributed by atoms with Crippen LogP contribution < -0.4 is 5.32 Å². The number of hydrogen-bond acceptors (Lipinski definition) is 2. The van der Waals surface area contributed by atoms with E-state index in [0.717, 1.165) is 36.9 Å². The van der Waals surface area contributed by atoms with Crippen LogP contribution in [-0.4, -0.2) is 11.0 Å². The summed E-state index contributed by atoms with van der Waals surface area (Å²) in [5.74, 6) is 0.148. The lowest BCUT2D eigenvalue weighted by Gasteiger charge is -2.20. The van der Waals surface area contributed by atoms with Gasteiger partial charge >= 0.3 is 0 Å². The number of phenols is 1. The first-order valence-electron chi connectivity index (χ1n) is 7.95. The Morgan fingerprint density at radius 2 is 1.80 bits per heavy atom. The summed E-state index contributed by atoms with van der Waals surface area (Å²) in [6.07, 6.45) is 1.88. The number of carbonyl (C=O) groups excluding carboxylic acids is 1. The topological polar surface area (TPSA) is 49.3 Å². The van der Waals surface area contributed by atoms with E-state index in [1.165, 1.54) is 0 Å². The zero-order valence-electron chi connectivity index (χ0n) is 14.5. The predicted octanol–water partition coefficient (Wildman–Crippen LogP) is 6.02. The normalized spacial score (nSPS) is 15.4. The molecule has 3 nitrogen and oxygen atoms in total. The molecule has 130 valence electrons. The maximum absolute atomic E-state index is 12.5. The highest BCUT2D eigenvalue weighted by molar-refractivity contribution is 9.11. The molecule has 2 aromatic carbocycles. The number of rotatable bonds is 1. The van der Waals surface area contributed by atoms with Crippen molar-refractivity contribution in [2.45, 2.75) is 33.1 Å². The van der Waals surface area contributed by atoms with Crippen LogP contribution in [0, 0.1) is 6.92 Å². The van der Waals surface area contributed by atoms with E-state index in [-0.39, 0.29) is 17.1 Å². The minimum Gasteiger partial charge on any atom is -0.508 e. The summed E-state index contributed by atoms with van der Waals surface area (Å²) in [6, 6.07) is 7.39. The molecule has 0 radical (unpaired) electrons. The molecule has 0 spiro atoms. The van der Waals surface area contributed by atoms with E-state index in [2.05, 4.69) is 57.9 Å². The van der Waals surface area contributed by atoms with Crippen LogP contribution in [-0.2, 0) is 10.2 Å². The third-order valence-corrected chi connectivity index (χ3v) is 5.82. The molecular weight excluding hydrogens is 446 g/mol. The van der Waals surface area contributed by atoms with Crippen molar-refractivity contribution in [3.8, 4) is 5.75 Å². The molecule has 0 unspecified atom stereocenters. The van der Waals surface area contributed by atoms with Gasteiger partial charge in [-0.1, -0.05) is 42.8 Å². The van der Waals surface area contributed by atoms with Gasteiger partial charge in [0.15, 0.2) is 0 Å². The Morgan fingerprint density at radius 3 is 2.44 bits per heavy atom. The van der Waals surface area contributed by atoms with Gasteiger partial charge in [0.05, 0.1) is 5.69 Å². The molecule has 0 bridgehead atoms. The van der Waals surface area contributed by atoms with Crippen molar-refractivity contribution in [2.24, 2.45) is 0 Å². The fraction of sp³-hybridized carbons (Fsp3) is 0.250. The molecule has 1 amide bonds. The molecule has 1 aliphatic heterocycles. The van der Waals surface area contributed by atoms with Crippen LogP contribution in [0.3, 0.4) is 0 Å². The first kappa shape index (κ1) is 18.2. The van der Waals surface area contributed by atoms with Crippen LogP contribution in [0.15, 0.2) is 33.2 Å². The lowest BCUT2D eigenvalue weighted by atomic mass is 9.85. The smallest absolute Gasteiger partial charge is 0.256 e. The molecule has 1 heterocycles. The molecule has 3 rings (SSSR count). The van der Waals surface area contributed by atoms with E-state index in [1.807, 2.05) is 31.2 Å². The highest BCUT2D eigenvalue weighted by atomic mass is 79.9. The van der Waals surface area contributed by atoms with Gasteiger partial charge in [-0.2, -0.15) is 0 Å². The Kier molecular flexibility index (Phi) is 4.58. The van der Waals surface area contributed by atoms with Crippen molar-refractivity contribution in [3.05, 3.63) is 55.5 Å². The van der Waals surface area contributed by atoms with Crippen molar-refractivity contribution < 1.29 is 9.90 Å². The minimum atomic E-state index is -0.184. The summed E-state index contributed by atoms with van der Waals surface area (Å²) in [6.45, 7) is 8.14. The second-order valence-corrected chi connectivity index (χ2v) is 8.96. The zero-order chi connectivity index (χ0) is 18.5. The monoisotopic (exact) mass is 463 g/mol. The van der Waals surface area contributed by atoms with Gasteiger partial charge in [-0.15, -0.1) is 0 Å². The fourth-order valence-corrected chi connectivity index (χ4v) is 4.28. The summed E-state index contributed by atoms with van der Waals surface area (Å²) in [5.41, 5.74) is 4.89. The van der Waals surface area contributed by atoms with Crippen LogP contribution in [0.2, 0.25) is 0 Å². The first-order chi connectivity index (χ1) is 11.6. The summed E-state index contributed by atoms with van der Waals surface area (Å²) < 4.78 is 1.79. The molecule has 25 heavy (non-hydrogen) atoms. The van der Waals surface area contributed by atoms with E-state index < -0.39 is 0 Å². The maximum Gasteiger partial charge on any atom is 0.256 e. The fourth-order valence-electron chi connectivity index (χ4n) is 3.02. The zero-order valence-corrected chi connectivity index (χ0v) is 17.7. The number of nitrogens with one attached hydrogen (secondary N) is 1. The predicted molar refractivity (Wildman–Crippen MR) is 110 cm³/mol. The van der Waals surface area contributed by atoms with Crippen LogP contribution in [0.25, 0.3) is 11.6 Å². The van der Waals surface area contributed by atoms with Gasteiger partial charge in [0.25, 0.3) is 5.91 Å². The van der Waals surface area contributed by atoms with Crippen LogP contribution in [0.5, 0.6) is 5.75 Å². The quantitative estimate of drug-likeness (QED) is 0.507. The number of anilines is 1. The minimum absolute atomic E-state index is 0.123. The first-order valence-corrected chi connectivity index (χ1v) is 9.53. The summed E-state index contributed by atoms with van der Waals surface area (Å²) in [4.78, 5) is 12.5. The Balaban J connectivity index is 2.18. The largest absolute Gasteiger partial charge is 0.508 e. The molecule has 0 saturated heterocycles. The SMILES string of the molecule is Cc1c(Br)cc(Br)c2c1C(=Cc1ccc(O)c(C(C)(C)C)c1)C(=O)N2. The van der Waals surface area contributed by atoms with E-state index in [4.69, 9.17) is 0 Å². The van der Waals surface area contributed by atoms with Crippen molar-refractivity contribution in [3.63, 3.8) is 0 Å². The summed E-state index contributed by atoms with van der Waals surface area (Å²) >= 11 is 7.07. The molecule has 2 aromatic rings. The Bertz CT molecular complexity index is 924. The maximum atomic E-state index is 12.5. The third kappa shape index (κ3) is 3.27. The number of halogens is 2. The molecule has 0 aromatic heterocycles. The Hall–Kier alpha value is -1.59. The van der Waals surface area contributed by atoms with Crippen molar-refractivity contribution in [1.82, 2.24) is 0 Å². The number of aromatic hydroxyl groups is 1. The second-order valence-electron chi connectivity index (χ2n) is 7.25. The molecule has 2 N–H and O–H groups in total. The van der Waals surface area contributed by atoms with E-state index in [1.54, 1.807) is 6.07 Å². The van der Waals surface area contributed by atoms with Gasteiger partial charge in [-0.3, -0.25) is 4.79 Å². The summed E-state index contributed by atoms with van der Waals surface area (Å²) in [7, 11) is 0. The Morgan fingerprint density at radius 1 is 1.12 bits per heavy atom. The summed E-state index contributed by atoms with van der Waals surface area (Å²) in [5, 5.41) is 13.1. The lowest BCUT2D eigenvalue weighted by Crippen LogP contribution is -2.11. The Labute approximate surface area is 164 Å². The lowest BCUT2D eigenvalue weighted by molar-refractivity contribution is -0.110. The van der Waals surface area contributed by atoms with Gasteiger partial charge in [-0.25, -0.2) is 0 Å². The number of benzene rings is 2. The number of fused-ring (bicyclic) bond motifs is 1. The van der Waals surface area contributed by atoms with Gasteiger partial charge in [-0.05, 0) is 69.2 Å². The van der Waals surface area contributed by atoms with Crippen LogP contribution in [0.1, 0.15) is 43.0 Å². The molecule has 0 aliphatic carbocycles. The van der Waals surface area contributed by atoms with E-state index >= 15 is 0 Å².